The van der Waals surface area contributed by atoms with Gasteiger partial charge in [-0.15, -0.1) is 0 Å². The lowest BCUT2D eigenvalue weighted by Crippen LogP contribution is -2.47. The molecule has 1 N–H and O–H groups in total. The van der Waals surface area contributed by atoms with Crippen LogP contribution in [0.4, 0.5) is 0 Å². The third-order valence-corrected chi connectivity index (χ3v) is 4.32. The zero-order chi connectivity index (χ0) is 11.7. The molecule has 0 aromatic rings. The van der Waals surface area contributed by atoms with E-state index >= 15 is 0 Å². The Morgan fingerprint density at radius 2 is 1.75 bits per heavy atom. The lowest BCUT2D eigenvalue weighted by molar-refractivity contribution is -0.144. The van der Waals surface area contributed by atoms with Gasteiger partial charge in [-0.2, -0.15) is 0 Å². The van der Waals surface area contributed by atoms with Crippen molar-refractivity contribution < 1.29 is 9.90 Å². The number of nitrogens with zero attached hydrogens (tertiary/aromatic N) is 1. The molecule has 1 atom stereocenters. The van der Waals surface area contributed by atoms with Crippen LogP contribution < -0.4 is 0 Å². The van der Waals surface area contributed by atoms with Crippen molar-refractivity contribution in [2.75, 3.05) is 7.05 Å². The second-order valence-electron chi connectivity index (χ2n) is 5.70. The maximum Gasteiger partial charge on any atom is 0.321 e. The molecule has 0 heterocycles. The van der Waals surface area contributed by atoms with Gasteiger partial charge in [0.15, 0.2) is 0 Å². The maximum absolute atomic E-state index is 11.3. The largest absolute Gasteiger partial charge is 0.480 e. The highest BCUT2D eigenvalue weighted by Gasteiger charge is 2.41. The van der Waals surface area contributed by atoms with Crippen LogP contribution in [0.2, 0.25) is 0 Å². The molecule has 2 fully saturated rings. The van der Waals surface area contributed by atoms with Crippen molar-refractivity contribution in [1.82, 2.24) is 4.90 Å². The molecule has 92 valence electrons. The van der Waals surface area contributed by atoms with Crippen LogP contribution in [0, 0.1) is 11.8 Å². The maximum atomic E-state index is 11.3. The summed E-state index contributed by atoms with van der Waals surface area (Å²) in [5.41, 5.74) is 0. The zero-order valence-electron chi connectivity index (χ0n) is 10.4. The lowest BCUT2D eigenvalue weighted by Gasteiger charge is -2.37. The highest BCUT2D eigenvalue weighted by atomic mass is 16.4. The van der Waals surface area contributed by atoms with Gasteiger partial charge in [-0.25, -0.2) is 0 Å². The number of carbonyl (C=O) groups is 1. The van der Waals surface area contributed by atoms with Gasteiger partial charge in [0.05, 0.1) is 0 Å². The first-order valence-electron chi connectivity index (χ1n) is 6.54. The average molecular weight is 225 g/mol. The molecule has 16 heavy (non-hydrogen) atoms. The molecule has 0 bridgehead atoms. The smallest absolute Gasteiger partial charge is 0.321 e. The van der Waals surface area contributed by atoms with E-state index in [4.69, 9.17) is 0 Å². The topological polar surface area (TPSA) is 40.5 Å². The summed E-state index contributed by atoms with van der Waals surface area (Å²) >= 11 is 0. The van der Waals surface area contributed by atoms with E-state index in [9.17, 15) is 9.90 Å². The van der Waals surface area contributed by atoms with Gasteiger partial charge in [0, 0.05) is 6.04 Å². The molecule has 3 heteroatoms. The van der Waals surface area contributed by atoms with Crippen LogP contribution in [-0.4, -0.2) is 35.1 Å². The van der Waals surface area contributed by atoms with Crippen LogP contribution in [0.1, 0.15) is 45.4 Å². The minimum absolute atomic E-state index is 0.224. The van der Waals surface area contributed by atoms with Gasteiger partial charge in [-0.05, 0) is 57.4 Å². The molecule has 2 aliphatic rings. The molecule has 0 aromatic carbocycles. The predicted octanol–water partition coefficient (Wildman–Crippen LogP) is 2.36. The quantitative estimate of drug-likeness (QED) is 0.798. The minimum Gasteiger partial charge on any atom is -0.480 e. The van der Waals surface area contributed by atoms with E-state index in [0.717, 1.165) is 18.8 Å². The van der Waals surface area contributed by atoms with E-state index < -0.39 is 5.97 Å². The fourth-order valence-electron chi connectivity index (χ4n) is 3.00. The fourth-order valence-corrected chi connectivity index (χ4v) is 3.00. The highest BCUT2D eigenvalue weighted by Crippen LogP contribution is 2.37. The van der Waals surface area contributed by atoms with Crippen LogP contribution >= 0.6 is 0 Å². The van der Waals surface area contributed by atoms with Gasteiger partial charge in [0.1, 0.15) is 6.04 Å². The van der Waals surface area contributed by atoms with Crippen LogP contribution in [0.25, 0.3) is 0 Å². The normalized spacial score (nSPS) is 32.7. The highest BCUT2D eigenvalue weighted by molar-refractivity contribution is 5.74. The van der Waals surface area contributed by atoms with E-state index in [0.29, 0.717) is 12.0 Å². The Balaban J connectivity index is 1.94. The minimum atomic E-state index is -0.622. The van der Waals surface area contributed by atoms with Gasteiger partial charge in [-0.1, -0.05) is 6.92 Å². The summed E-state index contributed by atoms with van der Waals surface area (Å²) in [5.74, 6) is 0.624. The molecule has 1 unspecified atom stereocenters. The average Bonchev–Trinajstić information content (AvgIpc) is 3.02. The Kier molecular flexibility index (Phi) is 3.53. The van der Waals surface area contributed by atoms with Crippen LogP contribution in [0.15, 0.2) is 0 Å². The Morgan fingerprint density at radius 3 is 2.19 bits per heavy atom. The van der Waals surface area contributed by atoms with E-state index in [1.807, 2.05) is 7.05 Å². The van der Waals surface area contributed by atoms with E-state index in [-0.39, 0.29) is 6.04 Å². The molecule has 3 nitrogen and oxygen atoms in total. The van der Waals surface area contributed by atoms with Crippen molar-refractivity contribution in [3.05, 3.63) is 0 Å². The van der Waals surface area contributed by atoms with E-state index in [1.54, 1.807) is 0 Å². The zero-order valence-corrected chi connectivity index (χ0v) is 10.4. The summed E-state index contributed by atoms with van der Waals surface area (Å²) in [4.78, 5) is 13.4. The van der Waals surface area contributed by atoms with Crippen molar-refractivity contribution in [2.24, 2.45) is 11.8 Å². The van der Waals surface area contributed by atoms with Gasteiger partial charge in [-0.3, -0.25) is 9.69 Å². The first-order chi connectivity index (χ1) is 7.59. The molecule has 0 aromatic heterocycles. The second-order valence-corrected chi connectivity index (χ2v) is 5.70. The summed E-state index contributed by atoms with van der Waals surface area (Å²) in [6.07, 6.45) is 7.06. The Morgan fingerprint density at radius 1 is 1.19 bits per heavy atom. The molecule has 2 aliphatic carbocycles. The number of rotatable bonds is 4. The second kappa shape index (κ2) is 4.74. The third-order valence-electron chi connectivity index (χ3n) is 4.32. The van der Waals surface area contributed by atoms with E-state index in [1.165, 1.54) is 25.7 Å². The summed E-state index contributed by atoms with van der Waals surface area (Å²) in [5, 5.41) is 9.30. The molecule has 0 spiro atoms. The summed E-state index contributed by atoms with van der Waals surface area (Å²) in [6, 6.07) is 0.274. The van der Waals surface area contributed by atoms with Crippen molar-refractivity contribution in [2.45, 2.75) is 57.5 Å². The summed E-state index contributed by atoms with van der Waals surface area (Å²) in [6.45, 7) is 2.30. The summed E-state index contributed by atoms with van der Waals surface area (Å²) in [7, 11) is 2.01. The van der Waals surface area contributed by atoms with Crippen molar-refractivity contribution in [1.29, 1.82) is 0 Å². The number of carboxylic acid groups (broad SMARTS) is 1. The van der Waals surface area contributed by atoms with Crippen LogP contribution in [-0.2, 0) is 4.79 Å². The molecular formula is C13H23NO2. The number of carboxylic acids is 1. The van der Waals surface area contributed by atoms with E-state index in [2.05, 4.69) is 11.8 Å². The number of hydrogen-bond acceptors (Lipinski definition) is 2. The van der Waals surface area contributed by atoms with Crippen LogP contribution in [0.3, 0.4) is 0 Å². The van der Waals surface area contributed by atoms with Crippen molar-refractivity contribution >= 4 is 5.97 Å². The summed E-state index contributed by atoms with van der Waals surface area (Å²) < 4.78 is 0. The molecule has 0 amide bonds. The first kappa shape index (κ1) is 11.9. The molecule has 0 aliphatic heterocycles. The lowest BCUT2D eigenvalue weighted by atomic mass is 9.86. The molecule has 2 saturated carbocycles. The van der Waals surface area contributed by atoms with Gasteiger partial charge in [0.25, 0.3) is 0 Å². The molecule has 2 rings (SSSR count). The SMILES string of the molecule is CC1CCC(N(C)C(C(=O)O)C2CC2)CC1. The number of hydrogen-bond donors (Lipinski definition) is 1. The number of aliphatic carboxylic acids is 1. The molecular weight excluding hydrogens is 202 g/mol. The monoisotopic (exact) mass is 225 g/mol. The van der Waals surface area contributed by atoms with Gasteiger partial charge in [0.2, 0.25) is 0 Å². The standard InChI is InChI=1S/C13H23NO2/c1-9-3-7-11(8-4-9)14(2)12(13(15)16)10-5-6-10/h9-12H,3-8H2,1-2H3,(H,15,16). The Hall–Kier alpha value is -0.570. The molecule has 0 radical (unpaired) electrons. The van der Waals surface area contributed by atoms with Crippen LogP contribution in [0.5, 0.6) is 0 Å². The molecule has 0 saturated heterocycles. The Labute approximate surface area is 97.8 Å². The van der Waals surface area contributed by atoms with Gasteiger partial charge >= 0.3 is 5.97 Å². The van der Waals surface area contributed by atoms with Gasteiger partial charge < -0.3 is 5.11 Å². The number of likely N-dealkylation sites (N-methyl/N-ethyl adjacent to an activating group) is 1. The van der Waals surface area contributed by atoms with Crippen molar-refractivity contribution in [3.63, 3.8) is 0 Å². The van der Waals surface area contributed by atoms with Crippen molar-refractivity contribution in [3.8, 4) is 0 Å². The third kappa shape index (κ3) is 2.57. The Bertz CT molecular complexity index is 255. The predicted molar refractivity (Wildman–Crippen MR) is 63.3 cm³/mol. The first-order valence-corrected chi connectivity index (χ1v) is 6.54. The fraction of sp³-hybridized carbons (Fsp3) is 0.923.